The lowest BCUT2D eigenvalue weighted by Gasteiger charge is -2.12. The summed E-state index contributed by atoms with van der Waals surface area (Å²) < 4.78 is 17.2. The van der Waals surface area contributed by atoms with Gasteiger partial charge in [-0.25, -0.2) is 10.1 Å². The Labute approximate surface area is 172 Å². The van der Waals surface area contributed by atoms with Crippen LogP contribution in [0.5, 0.6) is 17.2 Å². The second kappa shape index (κ2) is 9.08. The summed E-state index contributed by atoms with van der Waals surface area (Å²) in [5.41, 5.74) is 2.84. The van der Waals surface area contributed by atoms with Gasteiger partial charge in [0.1, 0.15) is 17.2 Å². The summed E-state index contributed by atoms with van der Waals surface area (Å²) in [4.78, 5) is 25.2. The maximum absolute atomic E-state index is 12.8. The highest BCUT2D eigenvalue weighted by Gasteiger charge is 2.16. The van der Waals surface area contributed by atoms with Gasteiger partial charge in [0.2, 0.25) is 0 Å². The molecule has 156 valence electrons. The van der Waals surface area contributed by atoms with Crippen LogP contribution in [0.15, 0.2) is 46.3 Å². The normalized spacial score (nSPS) is 10.9. The lowest BCUT2D eigenvalue weighted by molar-refractivity contribution is 0.0949. The number of rotatable bonds is 7. The summed E-state index contributed by atoms with van der Waals surface area (Å²) in [5.74, 6) is 0.943. The molecule has 1 amide bonds. The highest BCUT2D eigenvalue weighted by molar-refractivity contribution is 6.05. The zero-order chi connectivity index (χ0) is 21.7. The van der Waals surface area contributed by atoms with Crippen LogP contribution in [0.2, 0.25) is 0 Å². The van der Waals surface area contributed by atoms with Crippen molar-refractivity contribution in [1.29, 1.82) is 0 Å². The highest BCUT2D eigenvalue weighted by atomic mass is 16.5. The molecule has 2 aromatic carbocycles. The zero-order valence-electron chi connectivity index (χ0n) is 17.1. The number of hydrogen-bond donors (Lipinski definition) is 1. The molecular weight excluding hydrogens is 388 g/mol. The van der Waals surface area contributed by atoms with Crippen molar-refractivity contribution in [1.82, 2.24) is 15.2 Å². The van der Waals surface area contributed by atoms with E-state index in [1.54, 1.807) is 43.3 Å². The van der Waals surface area contributed by atoms with Crippen LogP contribution in [0.3, 0.4) is 0 Å². The second-order valence-corrected chi connectivity index (χ2v) is 6.16. The van der Waals surface area contributed by atoms with Crippen molar-refractivity contribution < 1.29 is 19.0 Å². The van der Waals surface area contributed by atoms with Crippen LogP contribution in [-0.4, -0.2) is 43.2 Å². The molecule has 30 heavy (non-hydrogen) atoms. The van der Waals surface area contributed by atoms with Gasteiger partial charge in [0.25, 0.3) is 11.5 Å². The molecule has 0 unspecified atom stereocenters. The van der Waals surface area contributed by atoms with Gasteiger partial charge < -0.3 is 14.2 Å². The molecule has 0 saturated heterocycles. The molecule has 0 aliphatic heterocycles. The number of carbonyl (C=O) groups excluding carboxylic acids is 1. The van der Waals surface area contributed by atoms with Gasteiger partial charge in [0, 0.05) is 24.1 Å². The van der Waals surface area contributed by atoms with E-state index in [2.05, 4.69) is 15.6 Å². The number of carbonyl (C=O) groups is 1. The van der Waals surface area contributed by atoms with E-state index in [-0.39, 0.29) is 11.3 Å². The Morgan fingerprint density at radius 1 is 1.10 bits per heavy atom. The number of nitrogens with zero attached hydrogens (tertiary/aromatic N) is 3. The Hall–Kier alpha value is -3.88. The minimum Gasteiger partial charge on any atom is -0.496 e. The predicted molar refractivity (Wildman–Crippen MR) is 113 cm³/mol. The number of hydrogen-bond acceptors (Lipinski definition) is 7. The van der Waals surface area contributed by atoms with Crippen molar-refractivity contribution in [3.05, 3.63) is 58.0 Å². The quantitative estimate of drug-likeness (QED) is 0.473. The third-order valence-electron chi connectivity index (χ3n) is 4.50. The summed E-state index contributed by atoms with van der Waals surface area (Å²) in [5, 5.41) is 9.09. The summed E-state index contributed by atoms with van der Waals surface area (Å²) in [7, 11) is 4.55. The first-order chi connectivity index (χ1) is 14.5. The van der Waals surface area contributed by atoms with Crippen molar-refractivity contribution in [2.45, 2.75) is 13.5 Å². The lowest BCUT2D eigenvalue weighted by atomic mass is 10.1. The van der Waals surface area contributed by atoms with Gasteiger partial charge in [-0.2, -0.15) is 10.2 Å². The van der Waals surface area contributed by atoms with E-state index < -0.39 is 5.91 Å². The smallest absolute Gasteiger partial charge is 0.292 e. The van der Waals surface area contributed by atoms with E-state index in [0.717, 1.165) is 0 Å². The van der Waals surface area contributed by atoms with Crippen molar-refractivity contribution in [3.63, 3.8) is 0 Å². The fraction of sp³-hybridized carbons (Fsp3) is 0.238. The van der Waals surface area contributed by atoms with Crippen LogP contribution in [0.25, 0.3) is 10.8 Å². The number of amides is 1. The predicted octanol–water partition coefficient (Wildman–Crippen LogP) is 2.21. The summed E-state index contributed by atoms with van der Waals surface area (Å²) in [6.45, 7) is 2.12. The maximum atomic E-state index is 12.8. The lowest BCUT2D eigenvalue weighted by Crippen LogP contribution is -2.28. The number of methoxy groups -OCH3 is 3. The van der Waals surface area contributed by atoms with E-state index in [9.17, 15) is 9.59 Å². The van der Waals surface area contributed by atoms with Crippen LogP contribution < -0.4 is 25.2 Å². The van der Waals surface area contributed by atoms with Gasteiger partial charge in [0.05, 0.1) is 38.5 Å². The average Bonchev–Trinajstić information content (AvgIpc) is 2.79. The van der Waals surface area contributed by atoms with Gasteiger partial charge in [-0.1, -0.05) is 18.2 Å². The van der Waals surface area contributed by atoms with Crippen molar-refractivity contribution >= 4 is 22.9 Å². The molecule has 1 aromatic heterocycles. The Kier molecular flexibility index (Phi) is 6.31. The van der Waals surface area contributed by atoms with E-state index in [4.69, 9.17) is 14.2 Å². The monoisotopic (exact) mass is 410 g/mol. The van der Waals surface area contributed by atoms with Crippen LogP contribution >= 0.6 is 0 Å². The molecule has 1 heterocycles. The van der Waals surface area contributed by atoms with Gasteiger partial charge in [-0.3, -0.25) is 9.59 Å². The van der Waals surface area contributed by atoms with Crippen LogP contribution in [-0.2, 0) is 6.54 Å². The first-order valence-electron chi connectivity index (χ1n) is 9.17. The molecule has 0 aliphatic carbocycles. The molecule has 3 rings (SSSR count). The van der Waals surface area contributed by atoms with Crippen molar-refractivity contribution in [2.75, 3.05) is 21.3 Å². The fourth-order valence-corrected chi connectivity index (χ4v) is 2.99. The standard InChI is InChI=1S/C21H22N4O5/c1-5-25-21(27)15-9-7-6-8-14(15)19(24-25)20(26)23-22-12-16-17(29-3)10-13(28-2)11-18(16)30-4/h6-12H,5H2,1-4H3,(H,23,26)/b22-12-. The largest absolute Gasteiger partial charge is 0.496 e. The molecule has 0 bridgehead atoms. The zero-order valence-corrected chi connectivity index (χ0v) is 17.1. The fourth-order valence-electron chi connectivity index (χ4n) is 2.99. The van der Waals surface area contributed by atoms with E-state index in [0.29, 0.717) is 40.1 Å². The summed E-state index contributed by atoms with van der Waals surface area (Å²) >= 11 is 0. The van der Waals surface area contributed by atoms with E-state index >= 15 is 0 Å². The van der Waals surface area contributed by atoms with Crippen LogP contribution in [0.4, 0.5) is 0 Å². The van der Waals surface area contributed by atoms with Gasteiger partial charge in [-0.15, -0.1) is 0 Å². The maximum Gasteiger partial charge on any atom is 0.292 e. The molecule has 0 aliphatic rings. The number of fused-ring (bicyclic) bond motifs is 1. The molecule has 0 spiro atoms. The van der Waals surface area contributed by atoms with Crippen molar-refractivity contribution in [3.8, 4) is 17.2 Å². The summed E-state index contributed by atoms with van der Waals surface area (Å²) in [6, 6.07) is 10.2. The molecular formula is C21H22N4O5. The number of aromatic nitrogens is 2. The number of nitrogens with one attached hydrogen (secondary N) is 1. The number of benzene rings is 2. The van der Waals surface area contributed by atoms with Crippen LogP contribution in [0.1, 0.15) is 23.0 Å². The molecule has 0 fully saturated rings. The molecule has 0 radical (unpaired) electrons. The van der Waals surface area contributed by atoms with Crippen molar-refractivity contribution in [2.24, 2.45) is 5.10 Å². The highest BCUT2D eigenvalue weighted by Crippen LogP contribution is 2.32. The first-order valence-corrected chi connectivity index (χ1v) is 9.17. The van der Waals surface area contributed by atoms with Gasteiger partial charge in [0.15, 0.2) is 5.69 Å². The molecule has 9 nitrogen and oxygen atoms in total. The molecule has 9 heteroatoms. The molecule has 0 atom stereocenters. The number of ether oxygens (including phenoxy) is 3. The SMILES string of the molecule is CCn1nc(C(=O)N/N=C\c2c(OC)cc(OC)cc2OC)c2ccccc2c1=O. The van der Waals surface area contributed by atoms with Crippen LogP contribution in [0, 0.1) is 0 Å². The van der Waals surface area contributed by atoms with E-state index in [1.165, 1.54) is 32.2 Å². The molecule has 3 aromatic rings. The Balaban J connectivity index is 1.94. The second-order valence-electron chi connectivity index (χ2n) is 6.16. The van der Waals surface area contributed by atoms with Gasteiger partial charge in [-0.05, 0) is 13.0 Å². The third kappa shape index (κ3) is 3.95. The number of aryl methyl sites for hydroxylation is 1. The Morgan fingerprint density at radius 3 is 2.30 bits per heavy atom. The molecule has 0 saturated carbocycles. The summed E-state index contributed by atoms with van der Waals surface area (Å²) in [6.07, 6.45) is 1.41. The minimum absolute atomic E-state index is 0.109. The molecule has 1 N–H and O–H groups in total. The number of hydrazone groups is 1. The van der Waals surface area contributed by atoms with Gasteiger partial charge >= 0.3 is 0 Å². The topological polar surface area (TPSA) is 104 Å². The first kappa shape index (κ1) is 20.8. The average molecular weight is 410 g/mol. The minimum atomic E-state index is -0.545. The Morgan fingerprint density at radius 2 is 1.73 bits per heavy atom. The Bertz CT molecular complexity index is 1140. The van der Waals surface area contributed by atoms with E-state index in [1.807, 2.05) is 0 Å². The third-order valence-corrected chi connectivity index (χ3v) is 4.50.